The molecule has 0 aliphatic carbocycles. The highest BCUT2D eigenvalue weighted by atomic mass is 16.6. The monoisotopic (exact) mass is 434 g/mol. The molecule has 3 aromatic rings. The zero-order chi connectivity index (χ0) is 22.2. The zero-order valence-corrected chi connectivity index (χ0v) is 17.7. The third-order valence-electron chi connectivity index (χ3n) is 5.42. The van der Waals surface area contributed by atoms with Gasteiger partial charge in [0.25, 0.3) is 0 Å². The Morgan fingerprint density at radius 2 is 1.56 bits per heavy atom. The Bertz CT molecular complexity index is 992. The number of likely N-dealkylation sites (tertiary alicyclic amines) is 1. The molecule has 166 valence electrons. The third kappa shape index (κ3) is 5.49. The van der Waals surface area contributed by atoms with Crippen LogP contribution in [0.2, 0.25) is 0 Å². The highest BCUT2D eigenvalue weighted by molar-refractivity contribution is 5.70. The van der Waals surface area contributed by atoms with Gasteiger partial charge in [0.15, 0.2) is 0 Å². The fourth-order valence-corrected chi connectivity index (χ4v) is 3.88. The SMILES string of the molecule is O=C(N[C@H]1CCCN(C(=O)OCc2ccccc2)[C@H]1c1ccco1)OCc1ccccc1. The molecule has 1 saturated heterocycles. The van der Waals surface area contributed by atoms with Crippen molar-refractivity contribution >= 4 is 12.2 Å². The number of nitrogens with zero attached hydrogens (tertiary/aromatic N) is 1. The van der Waals surface area contributed by atoms with Gasteiger partial charge in [-0.15, -0.1) is 0 Å². The van der Waals surface area contributed by atoms with Crippen molar-refractivity contribution in [2.75, 3.05) is 6.54 Å². The summed E-state index contributed by atoms with van der Waals surface area (Å²) in [6.45, 7) is 0.863. The Kier molecular flexibility index (Phi) is 7.07. The van der Waals surface area contributed by atoms with E-state index in [9.17, 15) is 9.59 Å². The van der Waals surface area contributed by atoms with Gasteiger partial charge in [-0.1, -0.05) is 60.7 Å². The number of piperidine rings is 1. The predicted octanol–water partition coefficient (Wildman–Crippen LogP) is 5.05. The molecule has 1 N–H and O–H groups in total. The van der Waals surface area contributed by atoms with Gasteiger partial charge < -0.3 is 19.2 Å². The first-order valence-electron chi connectivity index (χ1n) is 10.7. The molecule has 0 spiro atoms. The fourth-order valence-electron chi connectivity index (χ4n) is 3.88. The number of alkyl carbamates (subject to hydrolysis) is 1. The molecule has 2 amide bonds. The Morgan fingerprint density at radius 3 is 2.19 bits per heavy atom. The van der Waals surface area contributed by atoms with E-state index >= 15 is 0 Å². The summed E-state index contributed by atoms with van der Waals surface area (Å²) in [5, 5.41) is 2.92. The summed E-state index contributed by atoms with van der Waals surface area (Å²) in [6.07, 6.45) is 1.99. The number of hydrogen-bond acceptors (Lipinski definition) is 5. The van der Waals surface area contributed by atoms with Crippen LogP contribution in [0.3, 0.4) is 0 Å². The average molecular weight is 434 g/mol. The summed E-state index contributed by atoms with van der Waals surface area (Å²) in [5.41, 5.74) is 1.81. The van der Waals surface area contributed by atoms with Gasteiger partial charge >= 0.3 is 12.2 Å². The Hall–Kier alpha value is -3.74. The van der Waals surface area contributed by atoms with Gasteiger partial charge in [0, 0.05) is 6.54 Å². The molecule has 4 rings (SSSR count). The molecule has 1 aliphatic rings. The van der Waals surface area contributed by atoms with Gasteiger partial charge in [0.2, 0.25) is 0 Å². The van der Waals surface area contributed by atoms with E-state index in [0.717, 1.165) is 17.5 Å². The van der Waals surface area contributed by atoms with Gasteiger partial charge in [0.05, 0.1) is 12.3 Å². The van der Waals surface area contributed by atoms with E-state index in [0.29, 0.717) is 18.7 Å². The van der Waals surface area contributed by atoms with Gasteiger partial charge in [-0.05, 0) is 36.1 Å². The normalized spacial score (nSPS) is 18.1. The van der Waals surface area contributed by atoms with Crippen LogP contribution in [0.1, 0.15) is 35.8 Å². The van der Waals surface area contributed by atoms with Crippen molar-refractivity contribution in [2.45, 2.75) is 38.1 Å². The first-order valence-corrected chi connectivity index (χ1v) is 10.7. The van der Waals surface area contributed by atoms with E-state index in [4.69, 9.17) is 13.9 Å². The molecule has 2 aromatic carbocycles. The number of carbonyl (C=O) groups excluding carboxylic acids is 2. The number of benzene rings is 2. The molecule has 1 aromatic heterocycles. The van der Waals surface area contributed by atoms with Crippen LogP contribution in [0.4, 0.5) is 9.59 Å². The molecule has 0 bridgehead atoms. The maximum atomic E-state index is 12.9. The Balaban J connectivity index is 1.42. The number of ether oxygens (including phenoxy) is 2. The van der Waals surface area contributed by atoms with Crippen molar-refractivity contribution in [3.63, 3.8) is 0 Å². The smallest absolute Gasteiger partial charge is 0.410 e. The standard InChI is InChI=1S/C25H26N2O5/c28-24(31-17-19-9-3-1-4-10-19)26-21-13-7-15-27(23(21)22-14-8-16-30-22)25(29)32-18-20-11-5-2-6-12-20/h1-6,8-12,14,16,21,23H,7,13,15,17-18H2,(H,26,28)/t21-,23+/m0/s1. The largest absolute Gasteiger partial charge is 0.467 e. The van der Waals surface area contributed by atoms with Crippen LogP contribution in [0.15, 0.2) is 83.5 Å². The average Bonchev–Trinajstić information content (AvgIpc) is 3.37. The van der Waals surface area contributed by atoms with Crippen LogP contribution in [0, 0.1) is 0 Å². The summed E-state index contributed by atoms with van der Waals surface area (Å²) in [5.74, 6) is 0.592. The molecule has 1 aliphatic heterocycles. The minimum atomic E-state index is -0.532. The van der Waals surface area contributed by atoms with E-state index in [1.54, 1.807) is 23.3 Å². The fraction of sp³-hybridized carbons (Fsp3) is 0.280. The van der Waals surface area contributed by atoms with E-state index in [2.05, 4.69) is 5.32 Å². The molecule has 0 radical (unpaired) electrons. The lowest BCUT2D eigenvalue weighted by atomic mass is 9.94. The zero-order valence-electron chi connectivity index (χ0n) is 17.7. The van der Waals surface area contributed by atoms with E-state index < -0.39 is 18.2 Å². The Morgan fingerprint density at radius 1 is 0.906 bits per heavy atom. The van der Waals surface area contributed by atoms with E-state index in [-0.39, 0.29) is 19.3 Å². The van der Waals surface area contributed by atoms with Crippen LogP contribution < -0.4 is 5.32 Å². The van der Waals surface area contributed by atoms with Crippen LogP contribution in [0.5, 0.6) is 0 Å². The number of carbonyl (C=O) groups is 2. The lowest BCUT2D eigenvalue weighted by Gasteiger charge is -2.39. The molecule has 32 heavy (non-hydrogen) atoms. The van der Waals surface area contributed by atoms with Crippen molar-refractivity contribution in [1.82, 2.24) is 10.2 Å². The molecule has 7 nitrogen and oxygen atoms in total. The molecule has 7 heteroatoms. The number of amides is 2. The molecule has 2 atom stereocenters. The first kappa shape index (κ1) is 21.5. The summed E-state index contributed by atoms with van der Waals surface area (Å²) < 4.78 is 16.6. The molecule has 0 unspecified atom stereocenters. The lowest BCUT2D eigenvalue weighted by Crippen LogP contribution is -2.52. The first-order chi connectivity index (χ1) is 15.7. The summed E-state index contributed by atoms with van der Waals surface area (Å²) in [4.78, 5) is 27.0. The van der Waals surface area contributed by atoms with Crippen molar-refractivity contribution < 1.29 is 23.5 Å². The van der Waals surface area contributed by atoms with Gasteiger partial charge in [-0.2, -0.15) is 0 Å². The van der Waals surface area contributed by atoms with Crippen molar-refractivity contribution in [1.29, 1.82) is 0 Å². The summed E-state index contributed by atoms with van der Waals surface area (Å²) in [6, 6.07) is 21.7. The molecule has 0 saturated carbocycles. The van der Waals surface area contributed by atoms with Gasteiger partial charge in [-0.3, -0.25) is 4.90 Å². The van der Waals surface area contributed by atoms with Crippen molar-refractivity contribution in [3.8, 4) is 0 Å². The second-order valence-electron chi connectivity index (χ2n) is 7.65. The number of hydrogen-bond donors (Lipinski definition) is 1. The highest BCUT2D eigenvalue weighted by Crippen LogP contribution is 2.32. The van der Waals surface area contributed by atoms with Gasteiger partial charge in [0.1, 0.15) is 25.0 Å². The second kappa shape index (κ2) is 10.5. The molecule has 1 fully saturated rings. The maximum absolute atomic E-state index is 12.9. The number of nitrogens with one attached hydrogen (secondary N) is 1. The summed E-state index contributed by atoms with van der Waals surface area (Å²) >= 11 is 0. The quantitative estimate of drug-likeness (QED) is 0.587. The second-order valence-corrected chi connectivity index (χ2v) is 7.65. The molecule has 2 heterocycles. The minimum Gasteiger partial charge on any atom is -0.467 e. The predicted molar refractivity (Wildman–Crippen MR) is 118 cm³/mol. The number of rotatable bonds is 6. The Labute approximate surface area is 186 Å². The van der Waals surface area contributed by atoms with Crippen molar-refractivity contribution in [3.05, 3.63) is 95.9 Å². The lowest BCUT2D eigenvalue weighted by molar-refractivity contribution is 0.0474. The third-order valence-corrected chi connectivity index (χ3v) is 5.42. The van der Waals surface area contributed by atoms with E-state index in [1.165, 1.54) is 0 Å². The van der Waals surface area contributed by atoms with E-state index in [1.807, 2.05) is 60.7 Å². The molecular weight excluding hydrogens is 408 g/mol. The van der Waals surface area contributed by atoms with Crippen molar-refractivity contribution in [2.24, 2.45) is 0 Å². The molecular formula is C25H26N2O5. The van der Waals surface area contributed by atoms with Gasteiger partial charge in [-0.25, -0.2) is 9.59 Å². The topological polar surface area (TPSA) is 81.0 Å². The van der Waals surface area contributed by atoms with Crippen LogP contribution in [-0.2, 0) is 22.7 Å². The van der Waals surface area contributed by atoms with Crippen LogP contribution >= 0.6 is 0 Å². The van der Waals surface area contributed by atoms with Crippen LogP contribution in [-0.4, -0.2) is 29.7 Å². The maximum Gasteiger partial charge on any atom is 0.410 e. The highest BCUT2D eigenvalue weighted by Gasteiger charge is 2.39. The van der Waals surface area contributed by atoms with Crippen LogP contribution in [0.25, 0.3) is 0 Å². The minimum absolute atomic E-state index is 0.174. The summed E-state index contributed by atoms with van der Waals surface area (Å²) in [7, 11) is 0. The number of furan rings is 1.